The van der Waals surface area contributed by atoms with Crippen LogP contribution < -0.4 is 15.0 Å². The number of ether oxygens (including phenoxy) is 1. The van der Waals surface area contributed by atoms with Crippen LogP contribution in [-0.2, 0) is 16.0 Å². The molecule has 1 fully saturated rings. The number of halogens is 1. The van der Waals surface area contributed by atoms with Crippen LogP contribution in [0.25, 0.3) is 0 Å². The van der Waals surface area contributed by atoms with Crippen molar-refractivity contribution in [3.05, 3.63) is 59.1 Å². The molecule has 3 rings (SSSR count). The Morgan fingerprint density at radius 3 is 2.67 bits per heavy atom. The number of aryl methyl sites for hydroxylation is 1. The number of carbonyl (C=O) groups excluding carboxylic acids is 2. The zero-order valence-corrected chi connectivity index (χ0v) is 16.0. The van der Waals surface area contributed by atoms with Crippen LogP contribution in [0.1, 0.15) is 18.9 Å². The lowest BCUT2D eigenvalue weighted by Crippen LogP contribution is -2.35. The molecule has 0 aromatic heterocycles. The van der Waals surface area contributed by atoms with Gasteiger partial charge in [-0.1, -0.05) is 42.8 Å². The third kappa shape index (κ3) is 4.80. The van der Waals surface area contributed by atoms with Gasteiger partial charge in [0.15, 0.2) is 0 Å². The third-order valence-electron chi connectivity index (χ3n) is 4.65. The van der Waals surface area contributed by atoms with Crippen LogP contribution in [-0.4, -0.2) is 31.5 Å². The molecule has 1 atom stereocenters. The topological polar surface area (TPSA) is 58.6 Å². The van der Waals surface area contributed by atoms with E-state index in [9.17, 15) is 9.59 Å². The lowest BCUT2D eigenvalue weighted by atomic mass is 10.1. The number of hydrogen-bond donors (Lipinski definition) is 1. The minimum atomic E-state index is -0.344. The van der Waals surface area contributed by atoms with Gasteiger partial charge in [-0.25, -0.2) is 0 Å². The lowest BCUT2D eigenvalue weighted by molar-refractivity contribution is -0.126. The molecule has 2 aromatic rings. The highest BCUT2D eigenvalue weighted by Crippen LogP contribution is 2.26. The minimum absolute atomic E-state index is 0.0216. The lowest BCUT2D eigenvalue weighted by Gasteiger charge is -2.17. The van der Waals surface area contributed by atoms with Crippen LogP contribution in [0, 0.1) is 5.92 Å². The van der Waals surface area contributed by atoms with E-state index in [0.717, 1.165) is 12.1 Å². The maximum atomic E-state index is 12.4. The highest BCUT2D eigenvalue weighted by molar-refractivity contribution is 6.32. The molecule has 2 amide bonds. The Bertz CT molecular complexity index is 807. The molecule has 1 aliphatic heterocycles. The van der Waals surface area contributed by atoms with Gasteiger partial charge >= 0.3 is 0 Å². The first-order valence-corrected chi connectivity index (χ1v) is 9.50. The standard InChI is InChI=1S/C21H23ClN2O3/c1-2-15-7-9-17(10-8-15)24-14-16(13-20(24)25)21(26)23-11-12-27-19-6-4-3-5-18(19)22/h3-10,16H,2,11-14H2,1H3,(H,23,26)/t16-/m1/s1. The predicted molar refractivity (Wildman–Crippen MR) is 106 cm³/mol. The van der Waals surface area contributed by atoms with Gasteiger partial charge < -0.3 is 15.0 Å². The van der Waals surface area contributed by atoms with Gasteiger partial charge in [0.1, 0.15) is 12.4 Å². The summed E-state index contributed by atoms with van der Waals surface area (Å²) in [5.74, 6) is 0.0975. The maximum Gasteiger partial charge on any atom is 0.227 e. The van der Waals surface area contributed by atoms with Crippen LogP contribution in [0.2, 0.25) is 5.02 Å². The van der Waals surface area contributed by atoms with Gasteiger partial charge in [-0.3, -0.25) is 9.59 Å². The molecule has 0 aliphatic carbocycles. The van der Waals surface area contributed by atoms with Gasteiger partial charge in [0, 0.05) is 18.7 Å². The fourth-order valence-corrected chi connectivity index (χ4v) is 3.28. The van der Waals surface area contributed by atoms with Gasteiger partial charge in [-0.15, -0.1) is 0 Å². The molecule has 1 N–H and O–H groups in total. The van der Waals surface area contributed by atoms with Crippen LogP contribution in [0.15, 0.2) is 48.5 Å². The minimum Gasteiger partial charge on any atom is -0.490 e. The quantitative estimate of drug-likeness (QED) is 0.741. The fraction of sp³-hybridized carbons (Fsp3) is 0.333. The van der Waals surface area contributed by atoms with Crippen molar-refractivity contribution in [2.75, 3.05) is 24.6 Å². The van der Waals surface area contributed by atoms with Gasteiger partial charge in [0.25, 0.3) is 0 Å². The zero-order valence-electron chi connectivity index (χ0n) is 15.3. The SMILES string of the molecule is CCc1ccc(N2C[C@H](C(=O)NCCOc3ccccc3Cl)CC2=O)cc1. The second kappa shape index (κ2) is 8.91. The number of carbonyl (C=O) groups is 2. The van der Waals surface area contributed by atoms with Crippen molar-refractivity contribution in [1.82, 2.24) is 5.32 Å². The number of benzene rings is 2. The number of nitrogens with zero attached hydrogens (tertiary/aromatic N) is 1. The van der Waals surface area contributed by atoms with E-state index in [-0.39, 0.29) is 24.2 Å². The summed E-state index contributed by atoms with van der Waals surface area (Å²) >= 11 is 6.02. The summed E-state index contributed by atoms with van der Waals surface area (Å²) in [6.07, 6.45) is 1.18. The number of anilines is 1. The molecule has 1 heterocycles. The van der Waals surface area contributed by atoms with E-state index in [1.165, 1.54) is 5.56 Å². The first-order valence-electron chi connectivity index (χ1n) is 9.13. The van der Waals surface area contributed by atoms with Crippen molar-refractivity contribution in [1.29, 1.82) is 0 Å². The van der Waals surface area contributed by atoms with E-state index in [2.05, 4.69) is 12.2 Å². The average molecular weight is 387 g/mol. The molecule has 0 unspecified atom stereocenters. The Morgan fingerprint density at radius 1 is 1.22 bits per heavy atom. The van der Waals surface area contributed by atoms with Gasteiger partial charge in [-0.2, -0.15) is 0 Å². The molecule has 0 spiro atoms. The van der Waals surface area contributed by atoms with E-state index in [1.54, 1.807) is 17.0 Å². The summed E-state index contributed by atoms with van der Waals surface area (Å²) < 4.78 is 5.56. The van der Waals surface area contributed by atoms with E-state index in [4.69, 9.17) is 16.3 Å². The summed E-state index contributed by atoms with van der Waals surface area (Å²) in [4.78, 5) is 26.4. The molecule has 142 valence electrons. The van der Waals surface area contributed by atoms with Crippen LogP contribution in [0.3, 0.4) is 0 Å². The predicted octanol–water partition coefficient (Wildman–Crippen LogP) is 3.45. The molecule has 2 aromatic carbocycles. The van der Waals surface area contributed by atoms with Crippen LogP contribution in [0.5, 0.6) is 5.75 Å². The number of rotatable bonds is 7. The fourth-order valence-electron chi connectivity index (χ4n) is 3.09. The van der Waals surface area contributed by atoms with Gasteiger partial charge in [0.2, 0.25) is 11.8 Å². The van der Waals surface area contributed by atoms with Crippen LogP contribution in [0.4, 0.5) is 5.69 Å². The number of amides is 2. The van der Waals surface area contributed by atoms with E-state index in [1.807, 2.05) is 36.4 Å². The summed E-state index contributed by atoms with van der Waals surface area (Å²) in [5.41, 5.74) is 2.06. The Morgan fingerprint density at radius 2 is 1.96 bits per heavy atom. The Hall–Kier alpha value is -2.53. The molecule has 1 saturated heterocycles. The third-order valence-corrected chi connectivity index (χ3v) is 4.96. The molecular formula is C21H23ClN2O3. The zero-order chi connectivity index (χ0) is 19.2. The molecule has 5 nitrogen and oxygen atoms in total. The van der Waals surface area contributed by atoms with Crippen molar-refractivity contribution in [2.45, 2.75) is 19.8 Å². The highest BCUT2D eigenvalue weighted by atomic mass is 35.5. The Kier molecular flexibility index (Phi) is 6.35. The first kappa shape index (κ1) is 19.2. The summed E-state index contributed by atoms with van der Waals surface area (Å²) in [6.45, 7) is 3.17. The largest absolute Gasteiger partial charge is 0.490 e. The Balaban J connectivity index is 1.48. The maximum absolute atomic E-state index is 12.4. The summed E-state index contributed by atoms with van der Waals surface area (Å²) in [6, 6.07) is 15.1. The van der Waals surface area contributed by atoms with E-state index < -0.39 is 0 Å². The monoisotopic (exact) mass is 386 g/mol. The van der Waals surface area contributed by atoms with Crippen molar-refractivity contribution in [3.8, 4) is 5.75 Å². The highest BCUT2D eigenvalue weighted by Gasteiger charge is 2.34. The number of hydrogen-bond acceptors (Lipinski definition) is 3. The normalized spacial score (nSPS) is 16.4. The van der Waals surface area contributed by atoms with Crippen molar-refractivity contribution < 1.29 is 14.3 Å². The molecule has 27 heavy (non-hydrogen) atoms. The summed E-state index contributed by atoms with van der Waals surface area (Å²) in [5, 5.41) is 3.38. The first-order chi connectivity index (χ1) is 13.1. The second-order valence-electron chi connectivity index (χ2n) is 6.50. The molecule has 0 saturated carbocycles. The van der Waals surface area contributed by atoms with Gasteiger partial charge in [0.05, 0.1) is 17.5 Å². The van der Waals surface area contributed by atoms with Crippen molar-refractivity contribution >= 4 is 29.1 Å². The van der Waals surface area contributed by atoms with Crippen molar-refractivity contribution in [3.63, 3.8) is 0 Å². The Labute approximate surface area is 164 Å². The number of para-hydroxylation sites is 1. The van der Waals surface area contributed by atoms with E-state index in [0.29, 0.717) is 30.5 Å². The summed E-state index contributed by atoms with van der Waals surface area (Å²) in [7, 11) is 0. The molecule has 0 radical (unpaired) electrons. The van der Waals surface area contributed by atoms with Gasteiger partial charge in [-0.05, 0) is 36.2 Å². The molecule has 6 heteroatoms. The van der Waals surface area contributed by atoms with Crippen LogP contribution >= 0.6 is 11.6 Å². The van der Waals surface area contributed by atoms with Crippen molar-refractivity contribution in [2.24, 2.45) is 5.92 Å². The second-order valence-corrected chi connectivity index (χ2v) is 6.90. The average Bonchev–Trinajstić information content (AvgIpc) is 3.08. The smallest absolute Gasteiger partial charge is 0.227 e. The molecular weight excluding hydrogens is 364 g/mol. The molecule has 1 aliphatic rings. The molecule has 0 bridgehead atoms. The number of nitrogens with one attached hydrogen (secondary N) is 1. The van der Waals surface area contributed by atoms with E-state index >= 15 is 0 Å².